The van der Waals surface area contributed by atoms with Gasteiger partial charge in [-0.3, -0.25) is 4.79 Å². The van der Waals surface area contributed by atoms with Crippen LogP contribution in [0.15, 0.2) is 0 Å². The van der Waals surface area contributed by atoms with Gasteiger partial charge < -0.3 is 10.0 Å². The van der Waals surface area contributed by atoms with Crippen LogP contribution in [0.4, 0.5) is 0 Å². The van der Waals surface area contributed by atoms with Crippen LogP contribution in [0, 0.1) is 5.92 Å². The molecule has 1 amide bonds. The number of amides is 1. The van der Waals surface area contributed by atoms with Crippen molar-refractivity contribution >= 4 is 17.7 Å². The molecule has 1 fully saturated rings. The normalized spacial score (nSPS) is 19.4. The highest BCUT2D eigenvalue weighted by molar-refractivity contribution is 7.99. The lowest BCUT2D eigenvalue weighted by atomic mass is 9.98. The Hall–Kier alpha value is -0.220. The molecule has 4 heteroatoms. The zero-order valence-corrected chi connectivity index (χ0v) is 11.1. The Bertz CT molecular complexity index is 215. The van der Waals surface area contributed by atoms with Gasteiger partial charge in [-0.15, -0.1) is 0 Å². The monoisotopic (exact) mass is 245 g/mol. The van der Waals surface area contributed by atoms with Gasteiger partial charge in [0.15, 0.2) is 0 Å². The average molecular weight is 245 g/mol. The number of hydrogen-bond donors (Lipinski definition) is 1. The smallest absolute Gasteiger partial charge is 0.222 e. The van der Waals surface area contributed by atoms with Gasteiger partial charge in [0.05, 0.1) is 6.10 Å². The summed E-state index contributed by atoms with van der Waals surface area (Å²) in [5.74, 6) is 3.23. The fourth-order valence-corrected chi connectivity index (χ4v) is 3.06. The Morgan fingerprint density at radius 3 is 2.69 bits per heavy atom. The summed E-state index contributed by atoms with van der Waals surface area (Å²) < 4.78 is 0. The largest absolute Gasteiger partial charge is 0.393 e. The van der Waals surface area contributed by atoms with Crippen LogP contribution >= 0.6 is 11.8 Å². The highest BCUT2D eigenvalue weighted by Gasteiger charge is 2.19. The van der Waals surface area contributed by atoms with Crippen LogP contribution in [-0.2, 0) is 4.79 Å². The summed E-state index contributed by atoms with van der Waals surface area (Å²) in [6.45, 7) is 2.43. The lowest BCUT2D eigenvalue weighted by Gasteiger charge is -2.24. The minimum absolute atomic E-state index is 0.234. The minimum Gasteiger partial charge on any atom is -0.393 e. The van der Waals surface area contributed by atoms with Crippen molar-refractivity contribution in [1.82, 2.24) is 4.90 Å². The number of carbonyl (C=O) groups is 1. The van der Waals surface area contributed by atoms with Gasteiger partial charge in [-0.05, 0) is 43.6 Å². The molecule has 1 unspecified atom stereocenters. The van der Waals surface area contributed by atoms with Crippen molar-refractivity contribution in [3.63, 3.8) is 0 Å². The third-order valence-electron chi connectivity index (χ3n) is 3.11. The number of carbonyl (C=O) groups excluding carboxylic acids is 1. The summed E-state index contributed by atoms with van der Waals surface area (Å²) in [7, 11) is 1.84. The molecule has 0 aromatic rings. The lowest BCUT2D eigenvalue weighted by Crippen LogP contribution is -2.31. The maximum atomic E-state index is 11.9. The van der Waals surface area contributed by atoms with E-state index in [0.717, 1.165) is 0 Å². The van der Waals surface area contributed by atoms with Crippen molar-refractivity contribution in [3.05, 3.63) is 0 Å². The van der Waals surface area contributed by atoms with E-state index in [2.05, 4.69) is 0 Å². The first-order chi connectivity index (χ1) is 7.59. The highest BCUT2D eigenvalue weighted by Crippen LogP contribution is 2.25. The van der Waals surface area contributed by atoms with Gasteiger partial charge in [0, 0.05) is 20.0 Å². The van der Waals surface area contributed by atoms with Crippen molar-refractivity contribution in [3.8, 4) is 0 Å². The molecule has 1 aliphatic rings. The first-order valence-corrected chi connectivity index (χ1v) is 7.25. The zero-order chi connectivity index (χ0) is 12.0. The van der Waals surface area contributed by atoms with E-state index in [0.29, 0.717) is 25.3 Å². The Balaban J connectivity index is 2.22. The van der Waals surface area contributed by atoms with Gasteiger partial charge in [-0.1, -0.05) is 0 Å². The predicted molar refractivity (Wildman–Crippen MR) is 68.6 cm³/mol. The van der Waals surface area contributed by atoms with Crippen LogP contribution < -0.4 is 0 Å². The first kappa shape index (κ1) is 13.8. The molecule has 1 saturated heterocycles. The van der Waals surface area contributed by atoms with E-state index in [4.69, 9.17) is 5.11 Å². The number of rotatable bonds is 5. The highest BCUT2D eigenvalue weighted by atomic mass is 32.2. The number of thioether (sulfide) groups is 1. The Morgan fingerprint density at radius 2 is 2.12 bits per heavy atom. The zero-order valence-electron chi connectivity index (χ0n) is 10.3. The van der Waals surface area contributed by atoms with E-state index in [1.54, 1.807) is 11.8 Å². The van der Waals surface area contributed by atoms with E-state index >= 15 is 0 Å². The number of hydrogen-bond acceptors (Lipinski definition) is 3. The van der Waals surface area contributed by atoms with Crippen LogP contribution in [-0.4, -0.2) is 47.1 Å². The molecule has 0 bridgehead atoms. The van der Waals surface area contributed by atoms with Crippen molar-refractivity contribution in [1.29, 1.82) is 0 Å². The average Bonchev–Trinajstić information content (AvgIpc) is 2.27. The van der Waals surface area contributed by atoms with Crippen LogP contribution in [0.2, 0.25) is 0 Å². The van der Waals surface area contributed by atoms with Gasteiger partial charge in [-0.25, -0.2) is 0 Å². The van der Waals surface area contributed by atoms with Crippen LogP contribution in [0.3, 0.4) is 0 Å². The third-order valence-corrected chi connectivity index (χ3v) is 4.16. The van der Waals surface area contributed by atoms with Gasteiger partial charge in [0.2, 0.25) is 5.91 Å². The van der Waals surface area contributed by atoms with Crippen molar-refractivity contribution in [2.45, 2.75) is 38.7 Å². The molecular weight excluding hydrogens is 222 g/mol. The number of aliphatic hydroxyl groups is 1. The van der Waals surface area contributed by atoms with E-state index < -0.39 is 0 Å². The molecule has 0 aromatic heterocycles. The number of nitrogens with zero attached hydrogens (tertiary/aromatic N) is 1. The lowest BCUT2D eigenvalue weighted by molar-refractivity contribution is -0.131. The topological polar surface area (TPSA) is 40.5 Å². The fraction of sp³-hybridized carbons (Fsp3) is 0.917. The summed E-state index contributed by atoms with van der Waals surface area (Å²) in [5, 5.41) is 9.16. The SMILES string of the molecule is CC(O)CCN(C)C(=O)CC1CCSCC1. The quantitative estimate of drug-likeness (QED) is 0.802. The van der Waals surface area contributed by atoms with E-state index in [9.17, 15) is 4.79 Å². The van der Waals surface area contributed by atoms with Gasteiger partial charge >= 0.3 is 0 Å². The molecule has 3 nitrogen and oxygen atoms in total. The summed E-state index contributed by atoms with van der Waals surface area (Å²) in [6, 6.07) is 0. The Morgan fingerprint density at radius 1 is 1.50 bits per heavy atom. The van der Waals surface area contributed by atoms with Crippen LogP contribution in [0.25, 0.3) is 0 Å². The molecule has 1 N–H and O–H groups in total. The van der Waals surface area contributed by atoms with Crippen molar-refractivity contribution in [2.75, 3.05) is 25.1 Å². The second-order valence-corrected chi connectivity index (χ2v) is 5.94. The summed E-state index contributed by atoms with van der Waals surface area (Å²) in [5.41, 5.74) is 0. The van der Waals surface area contributed by atoms with Crippen molar-refractivity contribution < 1.29 is 9.90 Å². The molecule has 16 heavy (non-hydrogen) atoms. The van der Waals surface area contributed by atoms with E-state index in [1.807, 2.05) is 18.8 Å². The summed E-state index contributed by atoms with van der Waals surface area (Å²) in [4.78, 5) is 13.6. The second-order valence-electron chi connectivity index (χ2n) is 4.71. The molecule has 1 aliphatic heterocycles. The van der Waals surface area contributed by atoms with Gasteiger partial charge in [0.1, 0.15) is 0 Å². The Kier molecular flexibility index (Phi) is 6.21. The van der Waals surface area contributed by atoms with E-state index in [1.165, 1.54) is 24.3 Å². The molecule has 1 heterocycles. The third kappa shape index (κ3) is 5.21. The van der Waals surface area contributed by atoms with E-state index in [-0.39, 0.29) is 12.0 Å². The van der Waals surface area contributed by atoms with Gasteiger partial charge in [-0.2, -0.15) is 11.8 Å². The minimum atomic E-state index is -0.318. The maximum Gasteiger partial charge on any atom is 0.222 e. The molecule has 1 atom stereocenters. The second kappa shape index (κ2) is 7.17. The molecule has 0 aliphatic carbocycles. The van der Waals surface area contributed by atoms with Gasteiger partial charge in [0.25, 0.3) is 0 Å². The fourth-order valence-electron chi connectivity index (χ4n) is 1.86. The summed E-state index contributed by atoms with van der Waals surface area (Å²) in [6.07, 6.45) is 3.40. The number of aliphatic hydroxyl groups excluding tert-OH is 1. The standard InChI is InChI=1S/C12H23NO2S/c1-10(14)3-6-13(2)12(15)9-11-4-7-16-8-5-11/h10-11,14H,3-9H2,1-2H3. The van der Waals surface area contributed by atoms with Crippen LogP contribution in [0.5, 0.6) is 0 Å². The first-order valence-electron chi connectivity index (χ1n) is 6.09. The molecular formula is C12H23NO2S. The Labute approximate surface area is 103 Å². The molecule has 0 radical (unpaired) electrons. The van der Waals surface area contributed by atoms with Crippen molar-refractivity contribution in [2.24, 2.45) is 5.92 Å². The predicted octanol–water partition coefficient (Wildman–Crippen LogP) is 1.75. The molecule has 1 rings (SSSR count). The maximum absolute atomic E-state index is 11.9. The molecule has 0 spiro atoms. The molecule has 0 aromatic carbocycles. The molecule has 0 saturated carbocycles. The molecule has 94 valence electrons. The summed E-state index contributed by atoms with van der Waals surface area (Å²) >= 11 is 1.99. The van der Waals surface area contributed by atoms with Crippen LogP contribution in [0.1, 0.15) is 32.6 Å².